The lowest BCUT2D eigenvalue weighted by Gasteiger charge is -2.17. The van der Waals surface area contributed by atoms with E-state index in [1.54, 1.807) is 13.3 Å². The molecule has 0 saturated carbocycles. The van der Waals surface area contributed by atoms with Crippen molar-refractivity contribution >= 4 is 5.91 Å². The third kappa shape index (κ3) is 5.38. The fourth-order valence-corrected chi connectivity index (χ4v) is 2.34. The minimum atomic E-state index is -0.424. The van der Waals surface area contributed by atoms with Crippen LogP contribution in [0.5, 0.6) is 5.75 Å². The number of aliphatic hydroxyl groups is 1. The number of ether oxygens (including phenoxy) is 1. The lowest BCUT2D eigenvalue weighted by molar-refractivity contribution is -0.122. The summed E-state index contributed by atoms with van der Waals surface area (Å²) < 4.78 is 5.17. The van der Waals surface area contributed by atoms with E-state index in [0.717, 1.165) is 24.1 Å². The number of hydrogen-bond acceptors (Lipinski definition) is 4. The molecule has 5 heteroatoms. The normalized spacial score (nSPS) is 11.7. The van der Waals surface area contributed by atoms with Gasteiger partial charge in [-0.3, -0.25) is 9.78 Å². The van der Waals surface area contributed by atoms with Gasteiger partial charge in [0, 0.05) is 18.3 Å². The average Bonchev–Trinajstić information content (AvgIpc) is 2.60. The minimum absolute atomic E-state index is 0.0807. The molecule has 1 aromatic heterocycles. The van der Waals surface area contributed by atoms with Crippen molar-refractivity contribution in [3.63, 3.8) is 0 Å². The number of pyridine rings is 1. The summed E-state index contributed by atoms with van der Waals surface area (Å²) >= 11 is 0. The van der Waals surface area contributed by atoms with E-state index in [2.05, 4.69) is 10.3 Å². The van der Waals surface area contributed by atoms with Gasteiger partial charge in [-0.1, -0.05) is 18.2 Å². The number of hydrogen-bond donors (Lipinski definition) is 2. The molecule has 1 unspecified atom stereocenters. The van der Waals surface area contributed by atoms with Crippen LogP contribution < -0.4 is 10.1 Å². The molecular formula is C18H22N2O3. The highest BCUT2D eigenvalue weighted by molar-refractivity contribution is 5.76. The Morgan fingerprint density at radius 2 is 2.17 bits per heavy atom. The number of nitrogens with one attached hydrogen (secondary N) is 1. The van der Waals surface area contributed by atoms with Gasteiger partial charge in [0.05, 0.1) is 19.8 Å². The minimum Gasteiger partial charge on any atom is -0.497 e. The Kier molecular flexibility index (Phi) is 6.56. The van der Waals surface area contributed by atoms with Crippen molar-refractivity contribution in [2.24, 2.45) is 0 Å². The van der Waals surface area contributed by atoms with E-state index in [-0.39, 0.29) is 12.5 Å². The summed E-state index contributed by atoms with van der Waals surface area (Å²) in [4.78, 5) is 16.3. The standard InChI is InChI=1S/C18H22N2O3/c1-23-16-9-4-6-14(12-16)17(13-21)20-18(22)10-5-8-15-7-2-3-11-19-15/h2-4,6-7,9,11-12,17,21H,5,8,10,13H2,1H3,(H,20,22). The van der Waals surface area contributed by atoms with Crippen molar-refractivity contribution in [2.75, 3.05) is 13.7 Å². The molecule has 5 nitrogen and oxygen atoms in total. The first-order valence-corrected chi connectivity index (χ1v) is 7.67. The number of amides is 1. The molecule has 1 amide bonds. The number of rotatable bonds is 8. The van der Waals surface area contributed by atoms with Gasteiger partial charge in [0.1, 0.15) is 5.75 Å². The SMILES string of the molecule is COc1cccc(C(CO)NC(=O)CCCc2ccccn2)c1. The van der Waals surface area contributed by atoms with Gasteiger partial charge in [0.15, 0.2) is 0 Å². The second kappa shape index (κ2) is 8.90. The Morgan fingerprint density at radius 1 is 1.30 bits per heavy atom. The van der Waals surface area contributed by atoms with E-state index in [9.17, 15) is 9.90 Å². The summed E-state index contributed by atoms with van der Waals surface area (Å²) in [6.45, 7) is -0.154. The molecule has 1 atom stereocenters. The topological polar surface area (TPSA) is 71.5 Å². The summed E-state index contributed by atoms with van der Waals surface area (Å²) in [5, 5.41) is 12.4. The van der Waals surface area contributed by atoms with Crippen LogP contribution in [0.15, 0.2) is 48.7 Å². The average molecular weight is 314 g/mol. The maximum Gasteiger partial charge on any atom is 0.220 e. The number of aliphatic hydroxyl groups excluding tert-OH is 1. The monoisotopic (exact) mass is 314 g/mol. The molecule has 2 aromatic rings. The summed E-state index contributed by atoms with van der Waals surface area (Å²) in [7, 11) is 1.59. The molecule has 0 saturated heterocycles. The van der Waals surface area contributed by atoms with Crippen LogP contribution in [-0.2, 0) is 11.2 Å². The third-order valence-corrected chi connectivity index (χ3v) is 3.58. The van der Waals surface area contributed by atoms with Crippen LogP contribution in [0.4, 0.5) is 0 Å². The summed E-state index contributed by atoms with van der Waals surface area (Å²) in [6, 6.07) is 12.7. The first-order chi connectivity index (χ1) is 11.2. The number of aromatic nitrogens is 1. The molecule has 23 heavy (non-hydrogen) atoms. The highest BCUT2D eigenvalue weighted by atomic mass is 16.5. The van der Waals surface area contributed by atoms with Crippen LogP contribution in [0.2, 0.25) is 0 Å². The van der Waals surface area contributed by atoms with Crippen molar-refractivity contribution in [1.29, 1.82) is 0 Å². The number of benzene rings is 1. The number of nitrogens with zero attached hydrogens (tertiary/aromatic N) is 1. The van der Waals surface area contributed by atoms with E-state index >= 15 is 0 Å². The molecule has 0 aliphatic heterocycles. The molecule has 122 valence electrons. The van der Waals surface area contributed by atoms with Gasteiger partial charge in [0.25, 0.3) is 0 Å². The number of carbonyl (C=O) groups excluding carboxylic acids is 1. The number of carbonyl (C=O) groups is 1. The van der Waals surface area contributed by atoms with E-state index in [0.29, 0.717) is 12.2 Å². The lowest BCUT2D eigenvalue weighted by Crippen LogP contribution is -2.30. The van der Waals surface area contributed by atoms with Gasteiger partial charge in [-0.2, -0.15) is 0 Å². The van der Waals surface area contributed by atoms with E-state index in [1.165, 1.54) is 0 Å². The zero-order valence-electron chi connectivity index (χ0n) is 13.2. The molecule has 0 aliphatic carbocycles. The molecule has 2 rings (SSSR count). The summed E-state index contributed by atoms with van der Waals surface area (Å²) in [5.74, 6) is 0.619. The Hall–Kier alpha value is -2.40. The van der Waals surface area contributed by atoms with Crippen LogP contribution in [0.3, 0.4) is 0 Å². The zero-order valence-corrected chi connectivity index (χ0v) is 13.2. The van der Waals surface area contributed by atoms with Crippen molar-refractivity contribution in [2.45, 2.75) is 25.3 Å². The molecule has 0 aliphatic rings. The fourth-order valence-electron chi connectivity index (χ4n) is 2.34. The Bertz CT molecular complexity index is 617. The Labute approximate surface area is 136 Å². The van der Waals surface area contributed by atoms with Gasteiger partial charge in [-0.25, -0.2) is 0 Å². The lowest BCUT2D eigenvalue weighted by atomic mass is 10.1. The first-order valence-electron chi connectivity index (χ1n) is 7.67. The predicted molar refractivity (Wildman–Crippen MR) is 88.1 cm³/mol. The second-order valence-corrected chi connectivity index (χ2v) is 5.25. The molecule has 2 N–H and O–H groups in total. The van der Waals surface area contributed by atoms with Crippen LogP contribution in [0, 0.1) is 0 Å². The number of methoxy groups -OCH3 is 1. The fraction of sp³-hybridized carbons (Fsp3) is 0.333. The molecule has 0 radical (unpaired) electrons. The molecular weight excluding hydrogens is 292 g/mol. The largest absolute Gasteiger partial charge is 0.497 e. The highest BCUT2D eigenvalue weighted by Gasteiger charge is 2.14. The molecule has 0 fully saturated rings. The summed E-state index contributed by atoms with van der Waals surface area (Å²) in [5.41, 5.74) is 1.80. The van der Waals surface area contributed by atoms with Gasteiger partial charge in [0.2, 0.25) is 5.91 Å². The van der Waals surface area contributed by atoms with Crippen LogP contribution in [-0.4, -0.2) is 29.7 Å². The maximum atomic E-state index is 12.1. The second-order valence-electron chi connectivity index (χ2n) is 5.25. The van der Waals surface area contributed by atoms with E-state index in [1.807, 2.05) is 42.5 Å². The van der Waals surface area contributed by atoms with Gasteiger partial charge in [-0.05, 0) is 42.7 Å². The van der Waals surface area contributed by atoms with Gasteiger partial charge < -0.3 is 15.2 Å². The predicted octanol–water partition coefficient (Wildman–Crippen LogP) is 2.26. The Morgan fingerprint density at radius 3 is 2.87 bits per heavy atom. The highest BCUT2D eigenvalue weighted by Crippen LogP contribution is 2.19. The Balaban J connectivity index is 1.84. The van der Waals surface area contributed by atoms with Crippen LogP contribution >= 0.6 is 0 Å². The van der Waals surface area contributed by atoms with E-state index < -0.39 is 6.04 Å². The molecule has 0 spiro atoms. The smallest absolute Gasteiger partial charge is 0.220 e. The quantitative estimate of drug-likeness (QED) is 0.784. The number of aryl methyl sites for hydroxylation is 1. The van der Waals surface area contributed by atoms with Crippen molar-refractivity contribution in [1.82, 2.24) is 10.3 Å². The van der Waals surface area contributed by atoms with Crippen molar-refractivity contribution < 1.29 is 14.6 Å². The first kappa shape index (κ1) is 17.0. The molecule has 0 bridgehead atoms. The molecule has 1 aromatic carbocycles. The van der Waals surface area contributed by atoms with Crippen molar-refractivity contribution in [3.05, 3.63) is 59.9 Å². The maximum absolute atomic E-state index is 12.1. The van der Waals surface area contributed by atoms with Crippen LogP contribution in [0.25, 0.3) is 0 Å². The van der Waals surface area contributed by atoms with Gasteiger partial charge in [-0.15, -0.1) is 0 Å². The van der Waals surface area contributed by atoms with E-state index in [4.69, 9.17) is 4.74 Å². The zero-order chi connectivity index (χ0) is 16.5. The van der Waals surface area contributed by atoms with Crippen molar-refractivity contribution in [3.8, 4) is 5.75 Å². The third-order valence-electron chi connectivity index (χ3n) is 3.58. The van der Waals surface area contributed by atoms with Crippen LogP contribution in [0.1, 0.15) is 30.1 Å². The molecule has 1 heterocycles. The summed E-state index contributed by atoms with van der Waals surface area (Å²) in [6.07, 6.45) is 3.63. The van der Waals surface area contributed by atoms with Gasteiger partial charge >= 0.3 is 0 Å².